The molecule has 4 rings (SSSR count). The number of hydrogen-bond donors (Lipinski definition) is 1. The molecule has 3 heterocycles. The predicted molar refractivity (Wildman–Crippen MR) is 122 cm³/mol. The van der Waals surface area contributed by atoms with E-state index in [0.29, 0.717) is 6.54 Å². The largest absolute Gasteiger partial charge is 0.369 e. The van der Waals surface area contributed by atoms with Gasteiger partial charge in [0.1, 0.15) is 9.88 Å². The molecular formula is C22H26N4OS2. The van der Waals surface area contributed by atoms with Crippen molar-refractivity contribution in [3.63, 3.8) is 0 Å². The van der Waals surface area contributed by atoms with Crippen LogP contribution in [0.1, 0.15) is 21.8 Å². The molecule has 0 atom stereocenters. The molecule has 1 N–H and O–H groups in total. The van der Waals surface area contributed by atoms with Gasteiger partial charge in [0.2, 0.25) is 0 Å². The quantitative estimate of drug-likeness (QED) is 0.578. The van der Waals surface area contributed by atoms with E-state index in [4.69, 9.17) is 0 Å². The molecule has 7 heteroatoms. The number of benzene rings is 1. The van der Waals surface area contributed by atoms with Crippen LogP contribution in [0.5, 0.6) is 0 Å². The van der Waals surface area contributed by atoms with Crippen LogP contribution in [0, 0.1) is 6.92 Å². The minimum Gasteiger partial charge on any atom is -0.369 e. The molecular weight excluding hydrogens is 400 g/mol. The Morgan fingerprint density at radius 1 is 1.14 bits per heavy atom. The number of anilines is 1. The molecule has 0 unspecified atom stereocenters. The summed E-state index contributed by atoms with van der Waals surface area (Å²) in [6.45, 7) is 7.88. The minimum atomic E-state index is -0.00428. The lowest BCUT2D eigenvalue weighted by Crippen LogP contribution is -2.47. The first kappa shape index (κ1) is 20.1. The number of thiazole rings is 1. The van der Waals surface area contributed by atoms with Crippen LogP contribution in [0.15, 0.2) is 47.2 Å². The summed E-state index contributed by atoms with van der Waals surface area (Å²) in [7, 11) is 0. The van der Waals surface area contributed by atoms with Gasteiger partial charge < -0.3 is 10.2 Å². The monoisotopic (exact) mass is 426 g/mol. The molecule has 1 aliphatic rings. The molecule has 0 saturated carbocycles. The van der Waals surface area contributed by atoms with Crippen LogP contribution in [0.4, 0.5) is 5.69 Å². The highest BCUT2D eigenvalue weighted by Gasteiger charge is 2.18. The predicted octanol–water partition coefficient (Wildman–Crippen LogP) is 4.12. The molecule has 29 heavy (non-hydrogen) atoms. The van der Waals surface area contributed by atoms with Gasteiger partial charge in [-0.25, -0.2) is 4.98 Å². The second-order valence-corrected chi connectivity index (χ2v) is 9.00. The summed E-state index contributed by atoms with van der Waals surface area (Å²) in [6, 6.07) is 12.6. The Balaban J connectivity index is 1.19. The van der Waals surface area contributed by atoms with E-state index in [1.54, 1.807) is 11.3 Å². The average Bonchev–Trinajstić information content (AvgIpc) is 3.42. The van der Waals surface area contributed by atoms with Crippen LogP contribution in [0.25, 0.3) is 10.6 Å². The lowest BCUT2D eigenvalue weighted by Gasteiger charge is -2.36. The number of amides is 1. The molecule has 1 fully saturated rings. The van der Waals surface area contributed by atoms with E-state index in [-0.39, 0.29) is 5.91 Å². The van der Waals surface area contributed by atoms with Crippen molar-refractivity contribution in [3.05, 3.63) is 57.7 Å². The molecule has 3 aromatic rings. The van der Waals surface area contributed by atoms with Crippen molar-refractivity contribution in [2.75, 3.05) is 44.2 Å². The Hall–Kier alpha value is -2.22. The van der Waals surface area contributed by atoms with Crippen molar-refractivity contribution in [1.82, 2.24) is 15.2 Å². The third-order valence-corrected chi connectivity index (χ3v) is 7.09. The molecule has 1 aromatic carbocycles. The summed E-state index contributed by atoms with van der Waals surface area (Å²) in [6.07, 6.45) is 0.965. The van der Waals surface area contributed by atoms with Gasteiger partial charge >= 0.3 is 0 Å². The van der Waals surface area contributed by atoms with Gasteiger partial charge in [-0.15, -0.1) is 11.3 Å². The highest BCUT2D eigenvalue weighted by molar-refractivity contribution is 7.17. The molecule has 1 saturated heterocycles. The molecule has 0 spiro atoms. The SMILES string of the molecule is Cc1nc(-c2ccsc2)sc1C(=O)NCCCN1CCN(c2ccccc2)CC1. The number of aryl methyl sites for hydroxylation is 1. The zero-order valence-corrected chi connectivity index (χ0v) is 18.3. The lowest BCUT2D eigenvalue weighted by molar-refractivity contribution is 0.0954. The number of rotatable bonds is 7. The summed E-state index contributed by atoms with van der Waals surface area (Å²) in [5, 5.41) is 8.09. The van der Waals surface area contributed by atoms with Crippen LogP contribution in [-0.4, -0.2) is 55.1 Å². The van der Waals surface area contributed by atoms with Crippen LogP contribution in [0.2, 0.25) is 0 Å². The number of nitrogens with zero attached hydrogens (tertiary/aromatic N) is 3. The number of thiophene rings is 1. The van der Waals surface area contributed by atoms with Gasteiger partial charge in [0.15, 0.2) is 0 Å². The van der Waals surface area contributed by atoms with Crippen molar-refractivity contribution in [2.24, 2.45) is 0 Å². The van der Waals surface area contributed by atoms with Crippen molar-refractivity contribution >= 4 is 34.3 Å². The van der Waals surface area contributed by atoms with Gasteiger partial charge in [0.05, 0.1) is 5.69 Å². The number of hydrogen-bond acceptors (Lipinski definition) is 6. The summed E-state index contributed by atoms with van der Waals surface area (Å²) < 4.78 is 0. The first-order valence-corrected chi connectivity index (χ1v) is 11.8. The van der Waals surface area contributed by atoms with Gasteiger partial charge in [0.25, 0.3) is 5.91 Å². The van der Waals surface area contributed by atoms with Crippen LogP contribution < -0.4 is 10.2 Å². The van der Waals surface area contributed by atoms with Gasteiger partial charge in [-0.1, -0.05) is 18.2 Å². The maximum absolute atomic E-state index is 12.5. The maximum atomic E-state index is 12.5. The van der Waals surface area contributed by atoms with E-state index in [1.807, 2.05) is 18.4 Å². The van der Waals surface area contributed by atoms with Gasteiger partial charge in [-0.05, 0) is 43.5 Å². The second-order valence-electron chi connectivity index (χ2n) is 7.22. The van der Waals surface area contributed by atoms with Crippen molar-refractivity contribution in [2.45, 2.75) is 13.3 Å². The van der Waals surface area contributed by atoms with Gasteiger partial charge in [-0.3, -0.25) is 9.69 Å². The third-order valence-electron chi connectivity index (χ3n) is 5.20. The van der Waals surface area contributed by atoms with E-state index in [2.05, 4.69) is 55.8 Å². The second kappa shape index (κ2) is 9.52. The Kier molecular flexibility index (Phi) is 6.59. The zero-order chi connectivity index (χ0) is 20.1. The molecule has 0 bridgehead atoms. The standard InChI is InChI=1S/C22H26N4OS2/c1-17-20(29-22(24-17)18-8-15-28-16-18)21(27)23-9-5-10-25-11-13-26(14-12-25)19-6-3-2-4-7-19/h2-4,6-8,15-16H,5,9-14H2,1H3,(H,23,27). The summed E-state index contributed by atoms with van der Waals surface area (Å²) in [5.74, 6) is -0.00428. The highest BCUT2D eigenvalue weighted by Crippen LogP contribution is 2.29. The van der Waals surface area contributed by atoms with Crippen molar-refractivity contribution in [1.29, 1.82) is 0 Å². The molecule has 2 aromatic heterocycles. The smallest absolute Gasteiger partial charge is 0.263 e. The maximum Gasteiger partial charge on any atom is 0.263 e. The van der Waals surface area contributed by atoms with E-state index < -0.39 is 0 Å². The number of aromatic nitrogens is 1. The van der Waals surface area contributed by atoms with Crippen LogP contribution in [-0.2, 0) is 0 Å². The fourth-order valence-electron chi connectivity index (χ4n) is 3.57. The Morgan fingerprint density at radius 3 is 2.66 bits per heavy atom. The lowest BCUT2D eigenvalue weighted by atomic mass is 10.2. The van der Waals surface area contributed by atoms with E-state index >= 15 is 0 Å². The molecule has 0 aliphatic carbocycles. The van der Waals surface area contributed by atoms with E-state index in [0.717, 1.165) is 60.3 Å². The fraction of sp³-hybridized carbons (Fsp3) is 0.364. The van der Waals surface area contributed by atoms with Crippen LogP contribution >= 0.6 is 22.7 Å². The number of carbonyl (C=O) groups is 1. The molecule has 152 valence electrons. The Bertz CT molecular complexity index is 916. The Morgan fingerprint density at radius 2 is 1.93 bits per heavy atom. The van der Waals surface area contributed by atoms with Crippen LogP contribution in [0.3, 0.4) is 0 Å². The number of nitrogens with one attached hydrogen (secondary N) is 1. The van der Waals surface area contributed by atoms with E-state index in [1.165, 1.54) is 17.0 Å². The molecule has 1 aliphatic heterocycles. The molecule has 5 nitrogen and oxygen atoms in total. The highest BCUT2D eigenvalue weighted by atomic mass is 32.1. The zero-order valence-electron chi connectivity index (χ0n) is 16.6. The first-order valence-electron chi connectivity index (χ1n) is 10.0. The molecule has 0 radical (unpaired) electrons. The van der Waals surface area contributed by atoms with Gasteiger partial charge in [0, 0.05) is 49.4 Å². The average molecular weight is 427 g/mol. The summed E-state index contributed by atoms with van der Waals surface area (Å²) in [5.41, 5.74) is 3.21. The third kappa shape index (κ3) is 5.04. The topological polar surface area (TPSA) is 48.5 Å². The Labute approximate surface area is 180 Å². The normalized spacial score (nSPS) is 14.9. The van der Waals surface area contributed by atoms with Crippen molar-refractivity contribution < 1.29 is 4.79 Å². The first-order chi connectivity index (χ1) is 14.2. The van der Waals surface area contributed by atoms with Gasteiger partial charge in [-0.2, -0.15) is 11.3 Å². The summed E-state index contributed by atoms with van der Waals surface area (Å²) in [4.78, 5) is 22.7. The minimum absolute atomic E-state index is 0.00428. The summed E-state index contributed by atoms with van der Waals surface area (Å²) >= 11 is 3.12. The number of piperazine rings is 1. The number of carbonyl (C=O) groups excluding carboxylic acids is 1. The fourth-order valence-corrected chi connectivity index (χ4v) is 5.26. The molecule has 1 amide bonds. The number of para-hydroxylation sites is 1. The van der Waals surface area contributed by atoms with E-state index in [9.17, 15) is 4.79 Å². The van der Waals surface area contributed by atoms with Crippen molar-refractivity contribution in [3.8, 4) is 10.6 Å².